The molecular formula is C16H20FN5OS. The third kappa shape index (κ3) is 3.53. The number of hydrogen-bond donors (Lipinski definition) is 1. The zero-order valence-electron chi connectivity index (χ0n) is 13.7. The summed E-state index contributed by atoms with van der Waals surface area (Å²) in [6, 6.07) is 4.90. The summed E-state index contributed by atoms with van der Waals surface area (Å²) in [6.45, 7) is 3.54. The van der Waals surface area contributed by atoms with Gasteiger partial charge in [0.1, 0.15) is 17.8 Å². The molecule has 1 aromatic heterocycles. The molecule has 24 heavy (non-hydrogen) atoms. The van der Waals surface area contributed by atoms with Crippen LogP contribution in [-0.2, 0) is 11.8 Å². The third-order valence-corrected chi connectivity index (χ3v) is 5.16. The van der Waals surface area contributed by atoms with Crippen LogP contribution in [0, 0.1) is 5.82 Å². The average molecular weight is 349 g/mol. The molecule has 6 nitrogen and oxygen atoms in total. The first kappa shape index (κ1) is 16.8. The van der Waals surface area contributed by atoms with Crippen LogP contribution < -0.4 is 10.2 Å². The van der Waals surface area contributed by atoms with Gasteiger partial charge in [0, 0.05) is 20.1 Å². The molecule has 8 heteroatoms. The van der Waals surface area contributed by atoms with Crippen molar-refractivity contribution in [2.24, 2.45) is 7.05 Å². The topological polar surface area (TPSA) is 63.1 Å². The van der Waals surface area contributed by atoms with Crippen molar-refractivity contribution in [3.8, 4) is 0 Å². The van der Waals surface area contributed by atoms with Gasteiger partial charge in [-0.05, 0) is 31.9 Å². The largest absolute Gasteiger partial charge is 0.370 e. The third-order valence-electron chi connectivity index (χ3n) is 4.01. The number of amides is 1. The van der Waals surface area contributed by atoms with Gasteiger partial charge >= 0.3 is 0 Å². The Labute approximate surface area is 144 Å². The zero-order valence-corrected chi connectivity index (χ0v) is 14.5. The van der Waals surface area contributed by atoms with Crippen LogP contribution in [-0.4, -0.2) is 39.0 Å². The number of aryl methyl sites for hydroxylation is 1. The van der Waals surface area contributed by atoms with Crippen LogP contribution in [0.15, 0.2) is 29.7 Å². The molecule has 0 saturated carbocycles. The maximum atomic E-state index is 14.3. The van der Waals surface area contributed by atoms with Crippen molar-refractivity contribution >= 4 is 29.0 Å². The minimum absolute atomic E-state index is 0.256. The van der Waals surface area contributed by atoms with Gasteiger partial charge in [-0.2, -0.15) is 0 Å². The van der Waals surface area contributed by atoms with Gasteiger partial charge in [-0.15, -0.1) is 10.2 Å². The van der Waals surface area contributed by atoms with Crippen molar-refractivity contribution in [2.45, 2.75) is 30.2 Å². The number of rotatable bonds is 5. The van der Waals surface area contributed by atoms with Crippen molar-refractivity contribution in [3.63, 3.8) is 0 Å². The van der Waals surface area contributed by atoms with Crippen molar-refractivity contribution in [2.75, 3.05) is 23.3 Å². The maximum absolute atomic E-state index is 14.3. The Balaban J connectivity index is 1.75. The lowest BCUT2D eigenvalue weighted by Gasteiger charge is -2.22. The summed E-state index contributed by atoms with van der Waals surface area (Å²) >= 11 is 1.29. The quantitative estimate of drug-likeness (QED) is 0.841. The number of halogens is 1. The summed E-state index contributed by atoms with van der Waals surface area (Å²) in [5, 5.41) is 10.7. The minimum atomic E-state index is -0.418. The lowest BCUT2D eigenvalue weighted by atomic mass is 10.2. The SMILES string of the molecule is C[C@@H](Sc1nncn1C)C(=O)Nc1c(F)cccc1N1CCCC1. The Morgan fingerprint density at radius 1 is 1.38 bits per heavy atom. The Hall–Kier alpha value is -2.09. The standard InChI is InChI=1S/C16H20FN5OS/c1-11(24-16-20-18-10-21(16)2)15(23)19-14-12(17)6-5-7-13(14)22-8-3-4-9-22/h5-7,10-11H,3-4,8-9H2,1-2H3,(H,19,23)/t11-/m1/s1. The number of nitrogens with one attached hydrogen (secondary N) is 1. The van der Waals surface area contributed by atoms with Crippen molar-refractivity contribution in [1.82, 2.24) is 14.8 Å². The van der Waals surface area contributed by atoms with Gasteiger partial charge in [0.05, 0.1) is 10.9 Å². The lowest BCUT2D eigenvalue weighted by Crippen LogP contribution is -2.26. The molecule has 0 bridgehead atoms. The number of benzene rings is 1. The summed E-state index contributed by atoms with van der Waals surface area (Å²) in [5.41, 5.74) is 1.01. The summed E-state index contributed by atoms with van der Waals surface area (Å²) < 4.78 is 16.0. The van der Waals surface area contributed by atoms with E-state index in [0.717, 1.165) is 31.6 Å². The molecule has 2 heterocycles. The molecule has 0 spiro atoms. The van der Waals surface area contributed by atoms with E-state index < -0.39 is 11.1 Å². The average Bonchev–Trinajstić information content (AvgIpc) is 3.22. The number of para-hydroxylation sites is 1. The first-order valence-corrected chi connectivity index (χ1v) is 8.79. The van der Waals surface area contributed by atoms with E-state index >= 15 is 0 Å². The zero-order chi connectivity index (χ0) is 17.1. The molecule has 0 unspecified atom stereocenters. The highest BCUT2D eigenvalue weighted by Gasteiger charge is 2.23. The van der Waals surface area contributed by atoms with E-state index in [0.29, 0.717) is 5.16 Å². The van der Waals surface area contributed by atoms with E-state index in [9.17, 15) is 9.18 Å². The van der Waals surface area contributed by atoms with Crippen LogP contribution in [0.3, 0.4) is 0 Å². The van der Waals surface area contributed by atoms with Gasteiger partial charge in [-0.25, -0.2) is 4.39 Å². The molecule has 3 rings (SSSR count). The van der Waals surface area contributed by atoms with Gasteiger partial charge in [0.15, 0.2) is 5.16 Å². The number of aromatic nitrogens is 3. The summed E-state index contributed by atoms with van der Waals surface area (Å²) in [6.07, 6.45) is 3.75. The fraction of sp³-hybridized carbons (Fsp3) is 0.438. The Bertz CT molecular complexity index is 729. The number of hydrogen-bond acceptors (Lipinski definition) is 5. The molecule has 2 aromatic rings. The number of carbonyl (C=O) groups excluding carboxylic acids is 1. The van der Waals surface area contributed by atoms with Crippen LogP contribution in [0.25, 0.3) is 0 Å². The summed E-state index contributed by atoms with van der Waals surface area (Å²) in [4.78, 5) is 14.6. The van der Waals surface area contributed by atoms with Crippen LogP contribution in [0.4, 0.5) is 15.8 Å². The highest BCUT2D eigenvalue weighted by molar-refractivity contribution is 8.00. The van der Waals surface area contributed by atoms with Crippen LogP contribution in [0.1, 0.15) is 19.8 Å². The van der Waals surface area contributed by atoms with E-state index in [1.807, 2.05) is 13.1 Å². The van der Waals surface area contributed by atoms with E-state index in [1.165, 1.54) is 17.8 Å². The van der Waals surface area contributed by atoms with Crippen LogP contribution in [0.5, 0.6) is 0 Å². The summed E-state index contributed by atoms with van der Waals surface area (Å²) in [5.74, 6) is -0.669. The van der Waals surface area contributed by atoms with Crippen molar-refractivity contribution in [1.29, 1.82) is 0 Å². The van der Waals surface area contributed by atoms with Crippen LogP contribution in [0.2, 0.25) is 0 Å². The normalized spacial score (nSPS) is 15.5. The second-order valence-electron chi connectivity index (χ2n) is 5.80. The molecule has 0 aliphatic carbocycles. The second-order valence-corrected chi connectivity index (χ2v) is 7.11. The van der Waals surface area contributed by atoms with E-state index in [1.54, 1.807) is 23.9 Å². The monoisotopic (exact) mass is 349 g/mol. The first-order valence-electron chi connectivity index (χ1n) is 7.91. The van der Waals surface area contributed by atoms with E-state index in [-0.39, 0.29) is 11.6 Å². The molecule has 0 radical (unpaired) electrons. The number of nitrogens with zero attached hydrogens (tertiary/aromatic N) is 4. The van der Waals surface area contributed by atoms with E-state index in [2.05, 4.69) is 20.4 Å². The predicted octanol–water partition coefficient (Wildman–Crippen LogP) is 2.67. The van der Waals surface area contributed by atoms with Gasteiger partial charge in [0.2, 0.25) is 5.91 Å². The first-order chi connectivity index (χ1) is 11.6. The highest BCUT2D eigenvalue weighted by Crippen LogP contribution is 2.32. The van der Waals surface area contributed by atoms with Gasteiger partial charge < -0.3 is 14.8 Å². The Morgan fingerprint density at radius 3 is 2.79 bits per heavy atom. The molecule has 1 aromatic carbocycles. The fourth-order valence-corrected chi connectivity index (χ4v) is 3.46. The number of anilines is 2. The van der Waals surface area contributed by atoms with Crippen molar-refractivity contribution in [3.05, 3.63) is 30.3 Å². The number of thioether (sulfide) groups is 1. The smallest absolute Gasteiger partial charge is 0.237 e. The molecule has 128 valence electrons. The maximum Gasteiger partial charge on any atom is 0.237 e. The molecule has 1 saturated heterocycles. The highest BCUT2D eigenvalue weighted by atomic mass is 32.2. The summed E-state index contributed by atoms with van der Waals surface area (Å²) in [7, 11) is 1.81. The second kappa shape index (κ2) is 7.21. The van der Waals surface area contributed by atoms with Gasteiger partial charge in [-0.3, -0.25) is 4.79 Å². The Morgan fingerprint density at radius 2 is 2.12 bits per heavy atom. The van der Waals surface area contributed by atoms with Crippen molar-refractivity contribution < 1.29 is 9.18 Å². The molecule has 1 amide bonds. The van der Waals surface area contributed by atoms with Gasteiger partial charge in [-0.1, -0.05) is 17.8 Å². The van der Waals surface area contributed by atoms with Gasteiger partial charge in [0.25, 0.3) is 0 Å². The van der Waals surface area contributed by atoms with E-state index in [4.69, 9.17) is 0 Å². The molecular weight excluding hydrogens is 329 g/mol. The lowest BCUT2D eigenvalue weighted by molar-refractivity contribution is -0.115. The number of carbonyl (C=O) groups is 1. The molecule has 1 aliphatic heterocycles. The molecule has 1 N–H and O–H groups in total. The molecule has 1 aliphatic rings. The van der Waals surface area contributed by atoms with Crippen LogP contribution >= 0.6 is 11.8 Å². The minimum Gasteiger partial charge on any atom is -0.370 e. The Kier molecular flexibility index (Phi) is 5.03. The molecule has 1 fully saturated rings. The fourth-order valence-electron chi connectivity index (χ4n) is 2.67. The molecule has 1 atom stereocenters. The predicted molar refractivity (Wildman–Crippen MR) is 92.8 cm³/mol.